The Hall–Kier alpha value is -1.69. The molecule has 0 unspecified atom stereocenters. The highest BCUT2D eigenvalue weighted by molar-refractivity contribution is 6.16. The molecule has 0 atom stereocenters. The van der Waals surface area contributed by atoms with E-state index in [1.165, 1.54) is 19.9 Å². The summed E-state index contributed by atoms with van der Waals surface area (Å²) in [6, 6.07) is 0. The second-order valence-electron chi connectivity index (χ2n) is 3.95. The molecule has 0 aliphatic carbocycles. The smallest absolute Gasteiger partial charge is 0.331 e. The van der Waals surface area contributed by atoms with Crippen molar-refractivity contribution in [2.24, 2.45) is 5.92 Å². The number of Topliss-reactive ketones (excluding diaryl/α,β-unsaturated/α-hetero) is 1. The molecular formula is C11H14O6. The van der Waals surface area contributed by atoms with Gasteiger partial charge in [-0.15, -0.1) is 6.58 Å². The summed E-state index contributed by atoms with van der Waals surface area (Å²) in [7, 11) is 0. The first-order chi connectivity index (χ1) is 7.87. The SMILES string of the molecule is C=CCOCC(=O)C1C(=O)OC(C)(C)OC1=O. The van der Waals surface area contributed by atoms with Gasteiger partial charge in [-0.05, 0) is 0 Å². The third-order valence-electron chi connectivity index (χ3n) is 1.97. The monoisotopic (exact) mass is 242 g/mol. The number of hydrogen-bond donors (Lipinski definition) is 0. The van der Waals surface area contributed by atoms with E-state index in [1.54, 1.807) is 0 Å². The van der Waals surface area contributed by atoms with Gasteiger partial charge in [-0.25, -0.2) is 0 Å². The van der Waals surface area contributed by atoms with E-state index in [-0.39, 0.29) is 13.2 Å². The van der Waals surface area contributed by atoms with Gasteiger partial charge in [0.15, 0.2) is 5.78 Å². The quantitative estimate of drug-likeness (QED) is 0.297. The molecule has 6 heteroatoms. The van der Waals surface area contributed by atoms with Crippen LogP contribution in [0.5, 0.6) is 0 Å². The van der Waals surface area contributed by atoms with Crippen LogP contribution in [0.4, 0.5) is 0 Å². The summed E-state index contributed by atoms with van der Waals surface area (Å²) in [5.74, 6) is -5.37. The summed E-state index contributed by atoms with van der Waals surface area (Å²) >= 11 is 0. The Labute approximate surface area is 98.5 Å². The topological polar surface area (TPSA) is 78.9 Å². The van der Waals surface area contributed by atoms with E-state index in [9.17, 15) is 14.4 Å². The van der Waals surface area contributed by atoms with E-state index in [0.29, 0.717) is 0 Å². The van der Waals surface area contributed by atoms with E-state index in [4.69, 9.17) is 14.2 Å². The average Bonchev–Trinajstić information content (AvgIpc) is 2.14. The molecule has 0 saturated carbocycles. The highest BCUT2D eigenvalue weighted by Crippen LogP contribution is 2.23. The lowest BCUT2D eigenvalue weighted by Crippen LogP contribution is -2.49. The lowest BCUT2D eigenvalue weighted by Gasteiger charge is -2.32. The number of esters is 2. The minimum atomic E-state index is -1.55. The van der Waals surface area contributed by atoms with Crippen LogP contribution < -0.4 is 0 Å². The van der Waals surface area contributed by atoms with Crippen molar-refractivity contribution in [1.29, 1.82) is 0 Å². The van der Waals surface area contributed by atoms with Crippen molar-refractivity contribution < 1.29 is 28.6 Å². The Morgan fingerprint density at radius 2 is 1.94 bits per heavy atom. The summed E-state index contributed by atoms with van der Waals surface area (Å²) in [5, 5.41) is 0. The van der Waals surface area contributed by atoms with Crippen LogP contribution in [0, 0.1) is 5.92 Å². The lowest BCUT2D eigenvalue weighted by molar-refractivity contribution is -0.238. The molecule has 0 amide bonds. The number of rotatable bonds is 5. The fourth-order valence-electron chi connectivity index (χ4n) is 1.31. The number of cyclic esters (lactones) is 2. The van der Waals surface area contributed by atoms with Crippen LogP contribution in [0.1, 0.15) is 13.8 Å². The molecule has 17 heavy (non-hydrogen) atoms. The predicted octanol–water partition coefficient (Wildman–Crippen LogP) is 0.210. The number of carbonyl (C=O) groups excluding carboxylic acids is 3. The van der Waals surface area contributed by atoms with Crippen LogP contribution in [-0.2, 0) is 28.6 Å². The van der Waals surface area contributed by atoms with Crippen molar-refractivity contribution >= 4 is 17.7 Å². The third-order valence-corrected chi connectivity index (χ3v) is 1.97. The van der Waals surface area contributed by atoms with Gasteiger partial charge in [0.25, 0.3) is 5.79 Å². The lowest BCUT2D eigenvalue weighted by atomic mass is 10.0. The maximum atomic E-state index is 11.5. The zero-order valence-electron chi connectivity index (χ0n) is 9.73. The van der Waals surface area contributed by atoms with Crippen molar-refractivity contribution in [3.05, 3.63) is 12.7 Å². The van der Waals surface area contributed by atoms with Crippen LogP contribution in [0.2, 0.25) is 0 Å². The van der Waals surface area contributed by atoms with Crippen LogP contribution in [0.25, 0.3) is 0 Å². The minimum Gasteiger partial charge on any atom is -0.422 e. The molecule has 1 aliphatic heterocycles. The molecule has 1 fully saturated rings. The van der Waals surface area contributed by atoms with Crippen LogP contribution >= 0.6 is 0 Å². The summed E-state index contributed by atoms with van der Waals surface area (Å²) in [6.07, 6.45) is 1.45. The second-order valence-corrected chi connectivity index (χ2v) is 3.95. The number of hydrogen-bond acceptors (Lipinski definition) is 6. The van der Waals surface area contributed by atoms with Gasteiger partial charge in [-0.3, -0.25) is 14.4 Å². The first-order valence-corrected chi connectivity index (χ1v) is 5.04. The summed E-state index contributed by atoms with van der Waals surface area (Å²) in [4.78, 5) is 34.5. The maximum absolute atomic E-state index is 11.5. The summed E-state index contributed by atoms with van der Waals surface area (Å²) in [6.45, 7) is 6.03. The van der Waals surface area contributed by atoms with Gasteiger partial charge in [0, 0.05) is 13.8 Å². The van der Waals surface area contributed by atoms with Gasteiger partial charge in [-0.2, -0.15) is 0 Å². The summed E-state index contributed by atoms with van der Waals surface area (Å²) < 4.78 is 14.5. The van der Waals surface area contributed by atoms with Crippen LogP contribution in [0.15, 0.2) is 12.7 Å². The molecular weight excluding hydrogens is 228 g/mol. The molecule has 1 aliphatic rings. The molecule has 94 valence electrons. The molecule has 1 rings (SSSR count). The van der Waals surface area contributed by atoms with Crippen LogP contribution in [-0.4, -0.2) is 36.7 Å². The molecule has 0 aromatic carbocycles. The molecule has 0 radical (unpaired) electrons. The van der Waals surface area contributed by atoms with Crippen molar-refractivity contribution in [2.45, 2.75) is 19.6 Å². The van der Waals surface area contributed by atoms with Gasteiger partial charge in [-0.1, -0.05) is 6.08 Å². The molecule has 0 spiro atoms. The predicted molar refractivity (Wildman–Crippen MR) is 55.8 cm³/mol. The van der Waals surface area contributed by atoms with Gasteiger partial charge >= 0.3 is 11.9 Å². The molecule has 1 heterocycles. The maximum Gasteiger partial charge on any atom is 0.331 e. The molecule has 0 aromatic rings. The highest BCUT2D eigenvalue weighted by atomic mass is 16.7. The van der Waals surface area contributed by atoms with E-state index in [0.717, 1.165) is 0 Å². The van der Waals surface area contributed by atoms with E-state index in [1.807, 2.05) is 0 Å². The molecule has 1 saturated heterocycles. The average molecular weight is 242 g/mol. The fourth-order valence-corrected chi connectivity index (χ4v) is 1.31. The van der Waals surface area contributed by atoms with Gasteiger partial charge in [0.05, 0.1) is 6.61 Å². The van der Waals surface area contributed by atoms with Crippen molar-refractivity contribution in [2.75, 3.05) is 13.2 Å². The first-order valence-electron chi connectivity index (χ1n) is 5.04. The third kappa shape index (κ3) is 3.39. The zero-order chi connectivity index (χ0) is 13.1. The Bertz CT molecular complexity index is 337. The first kappa shape index (κ1) is 13.4. The Morgan fingerprint density at radius 1 is 1.41 bits per heavy atom. The van der Waals surface area contributed by atoms with Crippen LogP contribution in [0.3, 0.4) is 0 Å². The number of ether oxygens (including phenoxy) is 3. The van der Waals surface area contributed by atoms with Crippen molar-refractivity contribution in [3.63, 3.8) is 0 Å². The molecule has 6 nitrogen and oxygen atoms in total. The van der Waals surface area contributed by atoms with Gasteiger partial charge in [0.2, 0.25) is 5.92 Å². The van der Waals surface area contributed by atoms with E-state index >= 15 is 0 Å². The normalized spacial score (nSPS) is 19.4. The Balaban J connectivity index is 2.64. The Kier molecular flexibility index (Phi) is 4.01. The molecule has 0 aromatic heterocycles. The van der Waals surface area contributed by atoms with Gasteiger partial charge < -0.3 is 14.2 Å². The number of carbonyl (C=O) groups is 3. The van der Waals surface area contributed by atoms with E-state index in [2.05, 4.69) is 6.58 Å². The molecule has 0 N–H and O–H groups in total. The summed E-state index contributed by atoms with van der Waals surface area (Å²) in [5.41, 5.74) is 0. The zero-order valence-corrected chi connectivity index (χ0v) is 9.73. The van der Waals surface area contributed by atoms with E-state index < -0.39 is 29.4 Å². The fraction of sp³-hybridized carbons (Fsp3) is 0.545. The highest BCUT2D eigenvalue weighted by Gasteiger charge is 2.46. The standard InChI is InChI=1S/C11H14O6/c1-4-5-15-6-7(12)8-9(13)16-11(2,3)17-10(8)14/h4,8H,1,5-6H2,2-3H3. The van der Waals surface area contributed by atoms with Gasteiger partial charge in [0.1, 0.15) is 6.61 Å². The largest absolute Gasteiger partial charge is 0.422 e. The molecule has 0 bridgehead atoms. The number of ketones is 1. The van der Waals surface area contributed by atoms with Crippen molar-refractivity contribution in [1.82, 2.24) is 0 Å². The Morgan fingerprint density at radius 3 is 2.41 bits per heavy atom. The second kappa shape index (κ2) is 5.09. The minimum absolute atomic E-state index is 0.161. The van der Waals surface area contributed by atoms with Crippen molar-refractivity contribution in [3.8, 4) is 0 Å².